The van der Waals surface area contributed by atoms with E-state index in [-0.39, 0.29) is 11.2 Å². The van der Waals surface area contributed by atoms with Crippen molar-refractivity contribution in [1.29, 1.82) is 0 Å². The van der Waals surface area contributed by atoms with Crippen molar-refractivity contribution in [3.8, 4) is 11.3 Å². The van der Waals surface area contributed by atoms with Crippen molar-refractivity contribution in [2.24, 2.45) is 0 Å². The Morgan fingerprint density at radius 1 is 1.15 bits per heavy atom. The number of carbonyl (C=O) groups excluding carboxylic acids is 1. The van der Waals surface area contributed by atoms with Crippen LogP contribution in [0.4, 0.5) is 5.13 Å². The fourth-order valence-corrected chi connectivity index (χ4v) is 4.58. The number of carbonyl (C=O) groups is 1. The van der Waals surface area contributed by atoms with Gasteiger partial charge in [-0.3, -0.25) is 10.1 Å². The van der Waals surface area contributed by atoms with Gasteiger partial charge in [-0.2, -0.15) is 0 Å². The minimum atomic E-state index is -0.333. The van der Waals surface area contributed by atoms with Crippen molar-refractivity contribution in [2.45, 2.75) is 35.0 Å². The number of hydrogen-bond acceptors (Lipinski definition) is 9. The Kier molecular flexibility index (Phi) is 7.13. The molecule has 0 bridgehead atoms. The van der Waals surface area contributed by atoms with Crippen LogP contribution in [0.3, 0.4) is 0 Å². The van der Waals surface area contributed by atoms with Crippen LogP contribution in [0.15, 0.2) is 46.0 Å². The highest BCUT2D eigenvalue weighted by atomic mass is 32.2. The lowest BCUT2D eigenvalue weighted by atomic mass is 10.2. The third-order valence-electron chi connectivity index (χ3n) is 3.43. The average molecular weight is 419 g/mol. The van der Waals surface area contributed by atoms with Crippen molar-refractivity contribution in [3.63, 3.8) is 0 Å². The maximum atomic E-state index is 12.5. The van der Waals surface area contributed by atoms with E-state index in [4.69, 9.17) is 0 Å². The normalized spacial score (nSPS) is 11.9. The molecule has 1 atom stereocenters. The third-order valence-corrected chi connectivity index (χ3v) is 6.51. The molecule has 0 saturated heterocycles. The number of amides is 1. The van der Waals surface area contributed by atoms with Crippen LogP contribution in [0.2, 0.25) is 0 Å². The molecule has 140 valence electrons. The van der Waals surface area contributed by atoms with Crippen LogP contribution in [0, 0.1) is 0 Å². The molecule has 0 unspecified atom stereocenters. The van der Waals surface area contributed by atoms with E-state index in [9.17, 15) is 4.79 Å². The van der Waals surface area contributed by atoms with Crippen LogP contribution in [-0.4, -0.2) is 42.3 Å². The van der Waals surface area contributed by atoms with Crippen molar-refractivity contribution in [1.82, 2.24) is 25.4 Å². The fraction of sp³-hybridized carbons (Fsp3) is 0.294. The lowest BCUT2D eigenvalue weighted by Gasteiger charge is -2.11. The summed E-state index contributed by atoms with van der Waals surface area (Å²) in [7, 11) is 0. The first kappa shape index (κ1) is 19.7. The van der Waals surface area contributed by atoms with E-state index < -0.39 is 0 Å². The first-order chi connectivity index (χ1) is 13.2. The van der Waals surface area contributed by atoms with Crippen LogP contribution < -0.4 is 5.32 Å². The molecular weight excluding hydrogens is 400 g/mol. The van der Waals surface area contributed by atoms with Gasteiger partial charge < -0.3 is 0 Å². The van der Waals surface area contributed by atoms with E-state index in [2.05, 4.69) is 30.7 Å². The largest absolute Gasteiger partial charge is 0.300 e. The highest BCUT2D eigenvalue weighted by molar-refractivity contribution is 8.01. The van der Waals surface area contributed by atoms with Gasteiger partial charge in [0.15, 0.2) is 4.34 Å². The monoisotopic (exact) mass is 418 g/mol. The molecule has 0 radical (unpaired) electrons. The quantitative estimate of drug-likeness (QED) is 0.433. The number of anilines is 1. The Bertz CT molecular complexity index is 872. The molecule has 1 amide bonds. The van der Waals surface area contributed by atoms with E-state index in [0.29, 0.717) is 22.4 Å². The summed E-state index contributed by atoms with van der Waals surface area (Å²) in [5.74, 6) is 0.779. The second-order valence-electron chi connectivity index (χ2n) is 5.30. The van der Waals surface area contributed by atoms with Crippen LogP contribution in [0.1, 0.15) is 20.3 Å². The van der Waals surface area contributed by atoms with Crippen LogP contribution in [-0.2, 0) is 4.79 Å². The molecular formula is C17H18N6OS3. The number of aromatic nitrogens is 5. The second-order valence-corrected chi connectivity index (χ2v) is 8.96. The first-order valence-electron chi connectivity index (χ1n) is 8.38. The zero-order chi connectivity index (χ0) is 19.1. The zero-order valence-electron chi connectivity index (χ0n) is 14.8. The highest BCUT2D eigenvalue weighted by Crippen LogP contribution is 2.27. The molecule has 27 heavy (non-hydrogen) atoms. The molecule has 3 rings (SSSR count). The van der Waals surface area contributed by atoms with Gasteiger partial charge in [0, 0.05) is 5.56 Å². The van der Waals surface area contributed by atoms with Gasteiger partial charge in [-0.25, -0.2) is 4.98 Å². The second kappa shape index (κ2) is 9.77. The Morgan fingerprint density at radius 3 is 2.63 bits per heavy atom. The van der Waals surface area contributed by atoms with E-state index in [1.165, 1.54) is 23.1 Å². The highest BCUT2D eigenvalue weighted by Gasteiger charge is 2.21. The van der Waals surface area contributed by atoms with Crippen LogP contribution in [0.5, 0.6) is 0 Å². The molecule has 1 N–H and O–H groups in total. The number of benzene rings is 1. The Labute approximate surface area is 169 Å². The summed E-state index contributed by atoms with van der Waals surface area (Å²) in [5, 5.41) is 19.9. The molecule has 0 saturated carbocycles. The van der Waals surface area contributed by atoms with Gasteiger partial charge in [-0.1, -0.05) is 79.0 Å². The van der Waals surface area contributed by atoms with E-state index in [1.807, 2.05) is 44.2 Å². The van der Waals surface area contributed by atoms with Gasteiger partial charge in [0.05, 0.1) is 11.4 Å². The molecule has 7 nitrogen and oxygen atoms in total. The number of hydrogen-bond donors (Lipinski definition) is 1. The molecule has 1 aromatic carbocycles. The average Bonchev–Trinajstić information content (AvgIpc) is 3.14. The summed E-state index contributed by atoms with van der Waals surface area (Å²) < 4.78 is 0.845. The van der Waals surface area contributed by atoms with Gasteiger partial charge in [0.25, 0.3) is 0 Å². The van der Waals surface area contributed by atoms with Gasteiger partial charge in [-0.15, -0.1) is 20.4 Å². The summed E-state index contributed by atoms with van der Waals surface area (Å²) in [6.07, 6.45) is 2.31. The maximum Gasteiger partial charge on any atom is 0.239 e. The molecule has 0 spiro atoms. The summed E-state index contributed by atoms with van der Waals surface area (Å²) >= 11 is 4.27. The van der Waals surface area contributed by atoms with Gasteiger partial charge in [0.2, 0.25) is 16.2 Å². The van der Waals surface area contributed by atoms with Crippen molar-refractivity contribution in [3.05, 3.63) is 36.5 Å². The van der Waals surface area contributed by atoms with E-state index in [1.54, 1.807) is 18.0 Å². The number of rotatable bonds is 8. The lowest BCUT2D eigenvalue weighted by molar-refractivity contribution is -0.115. The number of nitrogens with one attached hydrogen (secondary N) is 1. The number of nitrogens with zero attached hydrogens (tertiary/aromatic N) is 5. The van der Waals surface area contributed by atoms with Crippen molar-refractivity contribution in [2.75, 3.05) is 11.1 Å². The lowest BCUT2D eigenvalue weighted by Crippen LogP contribution is -2.24. The first-order valence-corrected chi connectivity index (χ1v) is 11.1. The van der Waals surface area contributed by atoms with Gasteiger partial charge >= 0.3 is 0 Å². The zero-order valence-corrected chi connectivity index (χ0v) is 17.3. The maximum absolute atomic E-state index is 12.5. The van der Waals surface area contributed by atoms with Crippen LogP contribution in [0.25, 0.3) is 11.3 Å². The fourth-order valence-electron chi connectivity index (χ4n) is 2.14. The SMILES string of the molecule is CCSc1nnc(NC(=O)[C@H](CC)Sc2ncc(-c3ccccc3)nn2)s1. The Balaban J connectivity index is 1.62. The topological polar surface area (TPSA) is 93.6 Å². The Morgan fingerprint density at radius 2 is 1.96 bits per heavy atom. The number of thioether (sulfide) groups is 2. The van der Waals surface area contributed by atoms with Gasteiger partial charge in [-0.05, 0) is 12.2 Å². The minimum absolute atomic E-state index is 0.137. The molecule has 2 aromatic heterocycles. The predicted octanol–water partition coefficient (Wildman–Crippen LogP) is 4.01. The van der Waals surface area contributed by atoms with Crippen molar-refractivity contribution < 1.29 is 4.79 Å². The summed E-state index contributed by atoms with van der Waals surface area (Å²) in [4.78, 5) is 16.9. The van der Waals surface area contributed by atoms with Gasteiger partial charge in [0.1, 0.15) is 5.69 Å². The molecule has 0 aliphatic carbocycles. The minimum Gasteiger partial charge on any atom is -0.300 e. The van der Waals surface area contributed by atoms with E-state index >= 15 is 0 Å². The van der Waals surface area contributed by atoms with Crippen LogP contribution >= 0.6 is 34.9 Å². The predicted molar refractivity (Wildman–Crippen MR) is 110 cm³/mol. The summed E-state index contributed by atoms with van der Waals surface area (Å²) in [5.41, 5.74) is 1.66. The Hall–Kier alpha value is -2.04. The summed E-state index contributed by atoms with van der Waals surface area (Å²) in [6, 6.07) is 9.73. The smallest absolute Gasteiger partial charge is 0.239 e. The molecule has 2 heterocycles. The molecule has 0 fully saturated rings. The molecule has 3 aromatic rings. The van der Waals surface area contributed by atoms with Crippen molar-refractivity contribution >= 4 is 45.9 Å². The van der Waals surface area contributed by atoms with E-state index in [0.717, 1.165) is 15.7 Å². The molecule has 10 heteroatoms. The summed E-state index contributed by atoms with van der Waals surface area (Å²) in [6.45, 7) is 3.99. The third kappa shape index (κ3) is 5.47. The molecule has 0 aliphatic heterocycles. The molecule has 0 aliphatic rings. The standard InChI is InChI=1S/C17H18N6OS3/c1-3-13(14(24)19-16-22-23-17(27-16)25-4-2)26-15-18-10-12(20-21-15)11-8-6-5-7-9-11/h5-10,13H,3-4H2,1-2H3,(H,19,22,24)/t13-/m0/s1.